The Morgan fingerprint density at radius 3 is 1.69 bits per heavy atom. The SMILES string of the molecule is CCN(CC)[Si](C)(Cl)O[Si](C)(C)C(C)(C)C. The lowest BCUT2D eigenvalue weighted by Crippen LogP contribution is -2.57. The molecule has 5 heteroatoms. The Balaban J connectivity index is 4.82. The molecule has 0 heterocycles. The molecule has 0 aliphatic carbocycles. The highest BCUT2D eigenvalue weighted by atomic mass is 35.6. The lowest BCUT2D eigenvalue weighted by Gasteiger charge is -2.44. The minimum absolute atomic E-state index is 0.225. The van der Waals surface area contributed by atoms with Crippen LogP contribution in [0.4, 0.5) is 0 Å². The second-order valence-corrected chi connectivity index (χ2v) is 15.7. The third kappa shape index (κ3) is 4.15. The molecule has 0 aromatic carbocycles. The van der Waals surface area contributed by atoms with E-state index in [1.807, 2.05) is 0 Å². The molecule has 0 aliphatic heterocycles. The normalized spacial score (nSPS) is 17.6. The zero-order chi connectivity index (χ0) is 13.2. The van der Waals surface area contributed by atoms with Crippen molar-refractivity contribution in [2.45, 2.75) is 59.3 Å². The molecule has 0 amide bonds. The Kier molecular flexibility index (Phi) is 5.75. The van der Waals surface area contributed by atoms with Crippen molar-refractivity contribution in [3.05, 3.63) is 0 Å². The van der Waals surface area contributed by atoms with E-state index in [9.17, 15) is 0 Å². The fourth-order valence-corrected chi connectivity index (χ4v) is 10.5. The fraction of sp³-hybridized carbons (Fsp3) is 1.00. The Morgan fingerprint density at radius 2 is 1.44 bits per heavy atom. The van der Waals surface area contributed by atoms with Crippen molar-refractivity contribution in [1.29, 1.82) is 0 Å². The number of hydrogen-bond acceptors (Lipinski definition) is 2. The van der Waals surface area contributed by atoms with Gasteiger partial charge in [-0.05, 0) is 37.8 Å². The third-order valence-electron chi connectivity index (χ3n) is 3.58. The largest absolute Gasteiger partial charge is 0.433 e. The van der Waals surface area contributed by atoms with Crippen LogP contribution in [-0.2, 0) is 4.12 Å². The summed E-state index contributed by atoms with van der Waals surface area (Å²) in [6, 6.07) is 0. The Bertz CT molecular complexity index is 223. The first-order valence-corrected chi connectivity index (χ1v) is 12.4. The highest BCUT2D eigenvalue weighted by molar-refractivity contribution is 7.17. The molecule has 1 unspecified atom stereocenters. The van der Waals surface area contributed by atoms with Gasteiger partial charge >= 0.3 is 7.79 Å². The predicted molar refractivity (Wildman–Crippen MR) is 78.7 cm³/mol. The van der Waals surface area contributed by atoms with Crippen LogP contribution in [0, 0.1) is 0 Å². The van der Waals surface area contributed by atoms with Gasteiger partial charge in [0.25, 0.3) is 0 Å². The third-order valence-corrected chi connectivity index (χ3v) is 13.9. The van der Waals surface area contributed by atoms with Crippen LogP contribution in [0.15, 0.2) is 0 Å². The first-order valence-electron chi connectivity index (χ1n) is 6.12. The summed E-state index contributed by atoms with van der Waals surface area (Å²) in [5.74, 6) is 0. The summed E-state index contributed by atoms with van der Waals surface area (Å²) < 4.78 is 8.69. The number of rotatable bonds is 5. The lowest BCUT2D eigenvalue weighted by molar-refractivity contribution is 0.374. The molecule has 0 saturated heterocycles. The van der Waals surface area contributed by atoms with E-state index in [0.29, 0.717) is 0 Å². The van der Waals surface area contributed by atoms with Gasteiger partial charge < -0.3 is 4.12 Å². The van der Waals surface area contributed by atoms with E-state index >= 15 is 0 Å². The highest BCUT2D eigenvalue weighted by Crippen LogP contribution is 2.39. The van der Waals surface area contributed by atoms with Crippen molar-refractivity contribution in [2.24, 2.45) is 0 Å². The number of halogens is 1. The maximum absolute atomic E-state index is 6.67. The van der Waals surface area contributed by atoms with Crippen LogP contribution in [0.2, 0.25) is 24.7 Å². The van der Waals surface area contributed by atoms with Crippen molar-refractivity contribution in [1.82, 2.24) is 4.57 Å². The molecular formula is C11H28ClNOSi2. The first-order chi connectivity index (χ1) is 6.98. The Hall–Kier alpha value is 0.644. The fourth-order valence-electron chi connectivity index (χ4n) is 1.47. The lowest BCUT2D eigenvalue weighted by atomic mass is 10.2. The van der Waals surface area contributed by atoms with E-state index in [2.05, 4.69) is 58.8 Å². The Morgan fingerprint density at radius 1 is 1.06 bits per heavy atom. The van der Waals surface area contributed by atoms with Crippen LogP contribution in [0.3, 0.4) is 0 Å². The molecular weight excluding hydrogens is 254 g/mol. The second kappa shape index (κ2) is 5.52. The van der Waals surface area contributed by atoms with Gasteiger partial charge in [-0.2, -0.15) is 0 Å². The molecule has 0 aromatic rings. The topological polar surface area (TPSA) is 12.5 Å². The standard InChI is InChI=1S/C11H28ClNOSi2/c1-9-13(10-2)16(8,12)14-15(6,7)11(3,4)5/h9-10H2,1-8H3. The summed E-state index contributed by atoms with van der Waals surface area (Å²) >= 11 is 6.67. The molecule has 0 rings (SSSR count). The molecule has 16 heavy (non-hydrogen) atoms. The van der Waals surface area contributed by atoms with Crippen LogP contribution >= 0.6 is 11.1 Å². The van der Waals surface area contributed by atoms with E-state index in [1.54, 1.807) is 0 Å². The monoisotopic (exact) mass is 281 g/mol. The number of nitrogens with zero attached hydrogens (tertiary/aromatic N) is 1. The van der Waals surface area contributed by atoms with E-state index < -0.39 is 16.1 Å². The molecule has 0 N–H and O–H groups in total. The van der Waals surface area contributed by atoms with Crippen molar-refractivity contribution in [3.63, 3.8) is 0 Å². The molecule has 0 bridgehead atoms. The maximum atomic E-state index is 6.67. The van der Waals surface area contributed by atoms with Gasteiger partial charge in [0.2, 0.25) is 0 Å². The minimum Gasteiger partial charge on any atom is -0.433 e. The van der Waals surface area contributed by atoms with E-state index in [0.717, 1.165) is 13.1 Å². The van der Waals surface area contributed by atoms with Crippen LogP contribution < -0.4 is 0 Å². The van der Waals surface area contributed by atoms with Crippen LogP contribution in [-0.4, -0.2) is 33.8 Å². The second-order valence-electron chi connectivity index (χ2n) is 5.90. The van der Waals surface area contributed by atoms with Gasteiger partial charge in [0, 0.05) is 0 Å². The van der Waals surface area contributed by atoms with E-state index in [1.165, 1.54) is 0 Å². The van der Waals surface area contributed by atoms with Gasteiger partial charge in [0.15, 0.2) is 8.32 Å². The summed E-state index contributed by atoms with van der Waals surface area (Å²) in [4.78, 5) is 0. The summed E-state index contributed by atoms with van der Waals surface area (Å²) in [7, 11) is -3.96. The average molecular weight is 282 g/mol. The number of hydrogen-bond donors (Lipinski definition) is 0. The Labute approximate surface area is 108 Å². The van der Waals surface area contributed by atoms with Gasteiger partial charge in [-0.25, -0.2) is 0 Å². The molecule has 1 atom stereocenters. The van der Waals surface area contributed by atoms with Gasteiger partial charge in [-0.3, -0.25) is 4.57 Å². The van der Waals surface area contributed by atoms with Crippen molar-refractivity contribution < 1.29 is 4.12 Å². The minimum atomic E-state index is -2.21. The van der Waals surface area contributed by atoms with Crippen LogP contribution in [0.5, 0.6) is 0 Å². The van der Waals surface area contributed by atoms with Gasteiger partial charge in [0.1, 0.15) is 0 Å². The van der Waals surface area contributed by atoms with Crippen molar-refractivity contribution in [3.8, 4) is 0 Å². The van der Waals surface area contributed by atoms with E-state index in [4.69, 9.17) is 15.2 Å². The summed E-state index contributed by atoms with van der Waals surface area (Å²) in [5.41, 5.74) is 0. The van der Waals surface area contributed by atoms with E-state index in [-0.39, 0.29) is 5.04 Å². The van der Waals surface area contributed by atoms with Crippen LogP contribution in [0.1, 0.15) is 34.6 Å². The molecule has 0 radical (unpaired) electrons. The van der Waals surface area contributed by atoms with Crippen LogP contribution in [0.25, 0.3) is 0 Å². The molecule has 2 nitrogen and oxygen atoms in total. The quantitative estimate of drug-likeness (QED) is 0.554. The molecule has 0 fully saturated rings. The molecule has 98 valence electrons. The summed E-state index contributed by atoms with van der Waals surface area (Å²) in [5, 5.41) is 0.225. The maximum Gasteiger partial charge on any atom is 0.360 e. The summed E-state index contributed by atoms with van der Waals surface area (Å²) in [6.45, 7) is 19.6. The molecule has 0 aromatic heterocycles. The zero-order valence-electron chi connectivity index (χ0n) is 12.1. The van der Waals surface area contributed by atoms with Gasteiger partial charge in [0.05, 0.1) is 0 Å². The molecule has 0 saturated carbocycles. The first kappa shape index (κ1) is 16.6. The van der Waals surface area contributed by atoms with Gasteiger partial charge in [-0.15, -0.1) is 11.1 Å². The summed E-state index contributed by atoms with van der Waals surface area (Å²) in [6.07, 6.45) is 0. The van der Waals surface area contributed by atoms with Gasteiger partial charge in [-0.1, -0.05) is 34.6 Å². The molecule has 0 aliphatic rings. The smallest absolute Gasteiger partial charge is 0.360 e. The molecule has 0 spiro atoms. The van der Waals surface area contributed by atoms with Crippen molar-refractivity contribution >= 4 is 27.2 Å². The average Bonchev–Trinajstić information content (AvgIpc) is 2.00. The highest BCUT2D eigenvalue weighted by Gasteiger charge is 2.45. The van der Waals surface area contributed by atoms with Crippen molar-refractivity contribution in [2.75, 3.05) is 13.1 Å². The predicted octanol–water partition coefficient (Wildman–Crippen LogP) is 4.16. The zero-order valence-corrected chi connectivity index (χ0v) is 14.9.